The molecular formula is C23H24ClN3O4. The van der Waals surface area contributed by atoms with Crippen molar-refractivity contribution in [3.63, 3.8) is 0 Å². The smallest absolute Gasteiger partial charge is 0.341 e. The highest BCUT2D eigenvalue weighted by molar-refractivity contribution is 6.30. The number of hydrogen-bond donors (Lipinski definition) is 2. The van der Waals surface area contributed by atoms with Gasteiger partial charge < -0.3 is 19.9 Å². The Morgan fingerprint density at radius 2 is 1.97 bits per heavy atom. The Hall–Kier alpha value is -3.00. The Kier molecular flexibility index (Phi) is 7.94. The van der Waals surface area contributed by atoms with Gasteiger partial charge in [0.25, 0.3) is 0 Å². The second-order valence-corrected chi connectivity index (χ2v) is 7.41. The lowest BCUT2D eigenvalue weighted by Gasteiger charge is -2.18. The molecular weight excluding hydrogens is 418 g/mol. The average molecular weight is 442 g/mol. The summed E-state index contributed by atoms with van der Waals surface area (Å²) >= 11 is 5.98. The van der Waals surface area contributed by atoms with Crippen LogP contribution in [0.15, 0.2) is 54.7 Å². The quantitative estimate of drug-likeness (QED) is 0.490. The molecule has 1 atom stereocenters. The van der Waals surface area contributed by atoms with Gasteiger partial charge in [-0.15, -0.1) is 0 Å². The van der Waals surface area contributed by atoms with E-state index >= 15 is 0 Å². The molecule has 3 rings (SSSR count). The first-order valence-electron chi connectivity index (χ1n) is 9.71. The number of rotatable bonds is 10. The molecule has 0 spiro atoms. The maximum atomic E-state index is 10.7. The third-order valence-corrected chi connectivity index (χ3v) is 4.85. The Balaban J connectivity index is 1.71. The number of carbonyl (C=O) groups is 1. The lowest BCUT2D eigenvalue weighted by atomic mass is 10.1. The molecule has 0 saturated carbocycles. The summed E-state index contributed by atoms with van der Waals surface area (Å²) in [6.07, 6.45) is 1.73. The molecule has 162 valence electrons. The number of methoxy groups -OCH3 is 1. The molecule has 1 unspecified atom stereocenters. The first-order chi connectivity index (χ1) is 15.0. The van der Waals surface area contributed by atoms with Gasteiger partial charge in [-0.25, -0.2) is 14.8 Å². The van der Waals surface area contributed by atoms with Crippen LogP contribution in [-0.4, -0.2) is 41.4 Å². The van der Waals surface area contributed by atoms with Gasteiger partial charge in [-0.05, 0) is 42.3 Å². The first kappa shape index (κ1) is 22.7. The normalized spacial score (nSPS) is 11.8. The van der Waals surface area contributed by atoms with Crippen LogP contribution in [0.3, 0.4) is 0 Å². The molecule has 7 nitrogen and oxygen atoms in total. The van der Waals surface area contributed by atoms with Crippen LogP contribution >= 0.6 is 11.6 Å². The molecule has 8 heteroatoms. The van der Waals surface area contributed by atoms with Gasteiger partial charge in [-0.3, -0.25) is 0 Å². The van der Waals surface area contributed by atoms with Gasteiger partial charge in [0.15, 0.2) is 6.61 Å². The minimum Gasteiger partial charge on any atom is -0.482 e. The summed E-state index contributed by atoms with van der Waals surface area (Å²) < 4.78 is 10.7. The lowest BCUT2D eigenvalue weighted by Crippen LogP contribution is -2.27. The zero-order chi connectivity index (χ0) is 22.2. The van der Waals surface area contributed by atoms with Crippen molar-refractivity contribution in [3.05, 3.63) is 76.7 Å². The summed E-state index contributed by atoms with van der Waals surface area (Å²) in [6.45, 7) is 2.48. The second-order valence-electron chi connectivity index (χ2n) is 6.98. The Bertz CT molecular complexity index is 1030. The molecule has 0 saturated heterocycles. The SMILES string of the molecule is COCC(NCc1ccc(OCC(=O)O)c(C)c1)c1nccc(-c2ccc(Cl)cc2)n1. The number of carboxylic acids is 1. The van der Waals surface area contributed by atoms with Crippen molar-refractivity contribution in [1.82, 2.24) is 15.3 Å². The minimum atomic E-state index is -1.01. The topological polar surface area (TPSA) is 93.6 Å². The summed E-state index contributed by atoms with van der Waals surface area (Å²) in [5, 5.41) is 12.9. The number of halogens is 1. The number of nitrogens with one attached hydrogen (secondary N) is 1. The Morgan fingerprint density at radius 3 is 2.65 bits per heavy atom. The number of ether oxygens (including phenoxy) is 2. The summed E-state index contributed by atoms with van der Waals surface area (Å²) in [6, 6.07) is 14.8. The van der Waals surface area contributed by atoms with Gasteiger partial charge in [0, 0.05) is 30.4 Å². The largest absolute Gasteiger partial charge is 0.482 e. The molecule has 0 radical (unpaired) electrons. The van der Waals surface area contributed by atoms with E-state index in [0.29, 0.717) is 29.7 Å². The van der Waals surface area contributed by atoms with E-state index in [1.807, 2.05) is 49.4 Å². The van der Waals surface area contributed by atoms with Crippen molar-refractivity contribution in [2.75, 3.05) is 20.3 Å². The highest BCUT2D eigenvalue weighted by Crippen LogP contribution is 2.22. The molecule has 3 aromatic rings. The molecule has 0 amide bonds. The number of nitrogens with zero attached hydrogens (tertiary/aromatic N) is 2. The van der Waals surface area contributed by atoms with Gasteiger partial charge in [-0.1, -0.05) is 35.9 Å². The van der Waals surface area contributed by atoms with Crippen molar-refractivity contribution in [1.29, 1.82) is 0 Å². The summed E-state index contributed by atoms with van der Waals surface area (Å²) in [5.41, 5.74) is 3.65. The van der Waals surface area contributed by atoms with Crippen molar-refractivity contribution in [2.45, 2.75) is 19.5 Å². The molecule has 1 heterocycles. The number of carboxylic acid groups (broad SMARTS) is 1. The van der Waals surface area contributed by atoms with Crippen LogP contribution in [0.25, 0.3) is 11.3 Å². The van der Waals surface area contributed by atoms with Gasteiger partial charge in [-0.2, -0.15) is 0 Å². The second kappa shape index (κ2) is 10.9. The average Bonchev–Trinajstić information content (AvgIpc) is 2.76. The van der Waals surface area contributed by atoms with E-state index in [0.717, 1.165) is 22.4 Å². The highest BCUT2D eigenvalue weighted by atomic mass is 35.5. The van der Waals surface area contributed by atoms with E-state index < -0.39 is 5.97 Å². The molecule has 2 N–H and O–H groups in total. The zero-order valence-corrected chi connectivity index (χ0v) is 18.1. The fraction of sp³-hybridized carbons (Fsp3) is 0.261. The van der Waals surface area contributed by atoms with E-state index in [-0.39, 0.29) is 12.6 Å². The summed E-state index contributed by atoms with van der Waals surface area (Å²) in [4.78, 5) is 19.8. The van der Waals surface area contributed by atoms with E-state index in [1.54, 1.807) is 19.4 Å². The van der Waals surface area contributed by atoms with E-state index in [1.165, 1.54) is 0 Å². The van der Waals surface area contributed by atoms with Crippen LogP contribution in [0.4, 0.5) is 0 Å². The molecule has 2 aromatic carbocycles. The maximum Gasteiger partial charge on any atom is 0.341 e. The predicted molar refractivity (Wildman–Crippen MR) is 118 cm³/mol. The molecule has 0 aliphatic heterocycles. The van der Waals surface area contributed by atoms with Gasteiger partial charge >= 0.3 is 5.97 Å². The van der Waals surface area contributed by atoms with Crippen molar-refractivity contribution in [3.8, 4) is 17.0 Å². The molecule has 31 heavy (non-hydrogen) atoms. The molecule has 0 aliphatic carbocycles. The third-order valence-electron chi connectivity index (χ3n) is 4.60. The highest BCUT2D eigenvalue weighted by Gasteiger charge is 2.15. The van der Waals surface area contributed by atoms with Crippen LogP contribution in [0.1, 0.15) is 23.0 Å². The van der Waals surface area contributed by atoms with Gasteiger partial charge in [0.1, 0.15) is 11.6 Å². The monoisotopic (exact) mass is 441 g/mol. The van der Waals surface area contributed by atoms with E-state index in [2.05, 4.69) is 10.3 Å². The number of hydrogen-bond acceptors (Lipinski definition) is 6. The van der Waals surface area contributed by atoms with E-state index in [4.69, 9.17) is 31.2 Å². The van der Waals surface area contributed by atoms with Crippen LogP contribution in [0.5, 0.6) is 5.75 Å². The van der Waals surface area contributed by atoms with Crippen molar-refractivity contribution < 1.29 is 19.4 Å². The number of aromatic nitrogens is 2. The third kappa shape index (κ3) is 6.49. The Labute approximate surface area is 186 Å². The zero-order valence-electron chi connectivity index (χ0n) is 17.3. The van der Waals surface area contributed by atoms with E-state index in [9.17, 15) is 4.79 Å². The molecule has 0 aliphatic rings. The van der Waals surface area contributed by atoms with Crippen molar-refractivity contribution >= 4 is 17.6 Å². The van der Waals surface area contributed by atoms with Crippen LogP contribution in [0.2, 0.25) is 5.02 Å². The molecule has 0 fully saturated rings. The van der Waals surface area contributed by atoms with Crippen LogP contribution in [-0.2, 0) is 16.1 Å². The number of aliphatic carboxylic acids is 1. The fourth-order valence-corrected chi connectivity index (χ4v) is 3.20. The fourth-order valence-electron chi connectivity index (χ4n) is 3.08. The predicted octanol–water partition coefficient (Wildman–Crippen LogP) is 4.05. The van der Waals surface area contributed by atoms with Gasteiger partial charge in [0.2, 0.25) is 0 Å². The standard InChI is InChI=1S/C23H24ClN3O4/c1-15-11-16(3-8-21(15)31-14-22(28)29)12-26-20(13-30-2)23-25-10-9-19(27-23)17-4-6-18(24)7-5-17/h3-11,20,26H,12-14H2,1-2H3,(H,28,29). The van der Waals surface area contributed by atoms with Crippen LogP contribution < -0.4 is 10.1 Å². The minimum absolute atomic E-state index is 0.208. The molecule has 1 aromatic heterocycles. The number of aryl methyl sites for hydroxylation is 1. The summed E-state index contributed by atoms with van der Waals surface area (Å²) in [5.74, 6) is 0.180. The first-order valence-corrected chi connectivity index (χ1v) is 10.1. The Morgan fingerprint density at radius 1 is 1.19 bits per heavy atom. The van der Waals surface area contributed by atoms with Crippen LogP contribution in [0, 0.1) is 6.92 Å². The maximum absolute atomic E-state index is 10.7. The lowest BCUT2D eigenvalue weighted by molar-refractivity contribution is -0.139. The summed E-state index contributed by atoms with van der Waals surface area (Å²) in [7, 11) is 1.64. The number of benzene rings is 2. The van der Waals surface area contributed by atoms with Gasteiger partial charge in [0.05, 0.1) is 18.3 Å². The van der Waals surface area contributed by atoms with Crippen molar-refractivity contribution in [2.24, 2.45) is 0 Å². The molecule has 0 bridgehead atoms.